The van der Waals surface area contributed by atoms with Gasteiger partial charge in [-0.1, -0.05) is 12.1 Å². The van der Waals surface area contributed by atoms with Crippen LogP contribution in [0.1, 0.15) is 30.9 Å². The molecule has 1 atom stereocenters. The largest absolute Gasteiger partial charge is 0.352 e. The summed E-state index contributed by atoms with van der Waals surface area (Å²) in [5, 5.41) is 2.85. The zero-order chi connectivity index (χ0) is 17.0. The second kappa shape index (κ2) is 7.55. The standard InChI is InChI=1S/C17H24FN3O2/c1-11-3-4-13(9-15(11)18)10-20-16(22)14-5-7-21(8-6-14)17(23)12(2)19/h3-4,9,12,14H,5-8,10,19H2,1-2H3,(H,20,22). The number of carbonyl (C=O) groups excluding carboxylic acids is 2. The quantitative estimate of drug-likeness (QED) is 0.878. The second-order valence-corrected chi connectivity index (χ2v) is 6.19. The van der Waals surface area contributed by atoms with E-state index in [-0.39, 0.29) is 23.5 Å². The van der Waals surface area contributed by atoms with Gasteiger partial charge in [-0.3, -0.25) is 9.59 Å². The van der Waals surface area contributed by atoms with Gasteiger partial charge in [0.2, 0.25) is 11.8 Å². The van der Waals surface area contributed by atoms with Gasteiger partial charge >= 0.3 is 0 Å². The van der Waals surface area contributed by atoms with Gasteiger partial charge in [-0.05, 0) is 43.9 Å². The Labute approximate surface area is 136 Å². The van der Waals surface area contributed by atoms with E-state index in [4.69, 9.17) is 5.73 Å². The normalized spacial score (nSPS) is 17.0. The maximum Gasteiger partial charge on any atom is 0.239 e. The number of likely N-dealkylation sites (tertiary alicyclic amines) is 1. The van der Waals surface area contributed by atoms with Crippen LogP contribution >= 0.6 is 0 Å². The Hall–Kier alpha value is -1.95. The first kappa shape index (κ1) is 17.4. The van der Waals surface area contributed by atoms with Crippen molar-refractivity contribution in [3.05, 3.63) is 35.1 Å². The first-order chi connectivity index (χ1) is 10.9. The van der Waals surface area contributed by atoms with Gasteiger partial charge in [-0.15, -0.1) is 0 Å². The second-order valence-electron chi connectivity index (χ2n) is 6.19. The number of benzene rings is 1. The minimum absolute atomic E-state index is 0.0427. The lowest BCUT2D eigenvalue weighted by Crippen LogP contribution is -2.47. The highest BCUT2D eigenvalue weighted by Gasteiger charge is 2.28. The van der Waals surface area contributed by atoms with Crippen molar-refractivity contribution in [1.29, 1.82) is 0 Å². The first-order valence-electron chi connectivity index (χ1n) is 7.95. The van der Waals surface area contributed by atoms with Crippen LogP contribution in [0, 0.1) is 18.7 Å². The van der Waals surface area contributed by atoms with Crippen molar-refractivity contribution in [3.8, 4) is 0 Å². The van der Waals surface area contributed by atoms with Crippen molar-refractivity contribution >= 4 is 11.8 Å². The molecule has 0 aromatic heterocycles. The van der Waals surface area contributed by atoms with Gasteiger partial charge in [-0.2, -0.15) is 0 Å². The number of hydrogen-bond acceptors (Lipinski definition) is 3. The highest BCUT2D eigenvalue weighted by molar-refractivity contribution is 5.82. The van der Waals surface area contributed by atoms with Gasteiger partial charge in [0.15, 0.2) is 0 Å². The Kier molecular flexibility index (Phi) is 5.71. The number of nitrogens with zero attached hydrogens (tertiary/aromatic N) is 1. The fourth-order valence-corrected chi connectivity index (χ4v) is 2.73. The lowest BCUT2D eigenvalue weighted by Gasteiger charge is -2.32. The predicted octanol–water partition coefficient (Wildman–Crippen LogP) is 1.34. The fraction of sp³-hybridized carbons (Fsp3) is 0.529. The van der Waals surface area contributed by atoms with Crippen LogP contribution in [0.5, 0.6) is 0 Å². The molecular formula is C17H24FN3O2. The zero-order valence-corrected chi connectivity index (χ0v) is 13.6. The van der Waals surface area contributed by atoms with Crippen LogP contribution in [0.2, 0.25) is 0 Å². The first-order valence-corrected chi connectivity index (χ1v) is 7.95. The maximum atomic E-state index is 13.5. The average molecular weight is 321 g/mol. The van der Waals surface area contributed by atoms with E-state index in [9.17, 15) is 14.0 Å². The van der Waals surface area contributed by atoms with Crippen LogP contribution in [0.4, 0.5) is 4.39 Å². The molecule has 1 aliphatic rings. The molecule has 5 nitrogen and oxygen atoms in total. The number of halogens is 1. The molecule has 3 N–H and O–H groups in total. The summed E-state index contributed by atoms with van der Waals surface area (Å²) >= 11 is 0. The van der Waals surface area contributed by atoms with Crippen molar-refractivity contribution in [2.75, 3.05) is 13.1 Å². The van der Waals surface area contributed by atoms with Gasteiger partial charge in [0.25, 0.3) is 0 Å². The number of aryl methyl sites for hydroxylation is 1. The molecule has 126 valence electrons. The summed E-state index contributed by atoms with van der Waals surface area (Å²) in [6, 6.07) is 4.45. The molecule has 1 aromatic rings. The molecule has 6 heteroatoms. The molecule has 0 spiro atoms. The van der Waals surface area contributed by atoms with E-state index < -0.39 is 6.04 Å². The molecule has 0 radical (unpaired) electrons. The van der Waals surface area contributed by atoms with Gasteiger partial charge in [-0.25, -0.2) is 4.39 Å². The van der Waals surface area contributed by atoms with E-state index >= 15 is 0 Å². The molecule has 0 saturated carbocycles. The third-order valence-electron chi connectivity index (χ3n) is 4.27. The van der Waals surface area contributed by atoms with Crippen LogP contribution in [-0.4, -0.2) is 35.8 Å². The summed E-state index contributed by atoms with van der Waals surface area (Å²) in [4.78, 5) is 25.7. The highest BCUT2D eigenvalue weighted by atomic mass is 19.1. The Morgan fingerprint density at radius 1 is 1.39 bits per heavy atom. The van der Waals surface area contributed by atoms with Crippen molar-refractivity contribution in [1.82, 2.24) is 10.2 Å². The lowest BCUT2D eigenvalue weighted by atomic mass is 9.95. The topological polar surface area (TPSA) is 75.4 Å². The minimum atomic E-state index is -0.503. The number of amides is 2. The number of hydrogen-bond donors (Lipinski definition) is 2. The zero-order valence-electron chi connectivity index (χ0n) is 13.6. The SMILES string of the molecule is Cc1ccc(CNC(=O)C2CCN(C(=O)C(C)N)CC2)cc1F. The smallest absolute Gasteiger partial charge is 0.239 e. The van der Waals surface area contributed by atoms with Crippen molar-refractivity contribution < 1.29 is 14.0 Å². The minimum Gasteiger partial charge on any atom is -0.352 e. The molecule has 0 aliphatic carbocycles. The van der Waals surface area contributed by atoms with Gasteiger partial charge < -0.3 is 16.0 Å². The third-order valence-corrected chi connectivity index (χ3v) is 4.27. The van der Waals surface area contributed by atoms with E-state index in [0.717, 1.165) is 5.56 Å². The molecule has 0 bridgehead atoms. The Balaban J connectivity index is 1.81. The summed E-state index contributed by atoms with van der Waals surface area (Å²) in [5.41, 5.74) is 6.93. The number of rotatable bonds is 4. The Bertz CT molecular complexity index is 581. The van der Waals surface area contributed by atoms with Crippen LogP contribution in [0.15, 0.2) is 18.2 Å². The lowest BCUT2D eigenvalue weighted by molar-refractivity contribution is -0.136. The van der Waals surface area contributed by atoms with E-state index in [1.165, 1.54) is 6.07 Å². The molecular weight excluding hydrogens is 297 g/mol. The van der Waals surface area contributed by atoms with E-state index in [1.54, 1.807) is 24.8 Å². The molecule has 23 heavy (non-hydrogen) atoms. The highest BCUT2D eigenvalue weighted by Crippen LogP contribution is 2.18. The van der Waals surface area contributed by atoms with Gasteiger partial charge in [0, 0.05) is 25.6 Å². The number of nitrogens with two attached hydrogens (primary N) is 1. The summed E-state index contributed by atoms with van der Waals surface area (Å²) in [5.74, 6) is -0.486. The van der Waals surface area contributed by atoms with Gasteiger partial charge in [0.1, 0.15) is 5.82 Å². The number of nitrogens with one attached hydrogen (secondary N) is 1. The van der Waals surface area contributed by atoms with Crippen LogP contribution < -0.4 is 11.1 Å². The number of piperidine rings is 1. The molecule has 1 aliphatic heterocycles. The summed E-state index contributed by atoms with van der Waals surface area (Å²) < 4.78 is 13.5. The summed E-state index contributed by atoms with van der Waals surface area (Å²) in [6.45, 7) is 4.79. The fourth-order valence-electron chi connectivity index (χ4n) is 2.73. The summed E-state index contributed by atoms with van der Waals surface area (Å²) in [6.07, 6.45) is 1.26. The van der Waals surface area contributed by atoms with Crippen molar-refractivity contribution in [2.45, 2.75) is 39.3 Å². The van der Waals surface area contributed by atoms with Crippen molar-refractivity contribution in [3.63, 3.8) is 0 Å². The third kappa shape index (κ3) is 4.51. The van der Waals surface area contributed by atoms with Gasteiger partial charge in [0.05, 0.1) is 6.04 Å². The molecule has 1 aromatic carbocycles. The molecule has 1 saturated heterocycles. The average Bonchev–Trinajstić information content (AvgIpc) is 2.55. The van der Waals surface area contributed by atoms with E-state index in [0.29, 0.717) is 38.0 Å². The molecule has 1 fully saturated rings. The predicted molar refractivity (Wildman–Crippen MR) is 85.9 cm³/mol. The Morgan fingerprint density at radius 2 is 2.04 bits per heavy atom. The molecule has 1 unspecified atom stereocenters. The molecule has 2 amide bonds. The number of carbonyl (C=O) groups is 2. The van der Waals surface area contributed by atoms with Crippen LogP contribution in [-0.2, 0) is 16.1 Å². The molecule has 1 heterocycles. The van der Waals surface area contributed by atoms with Crippen molar-refractivity contribution in [2.24, 2.45) is 11.7 Å². The van der Waals surface area contributed by atoms with Crippen LogP contribution in [0.3, 0.4) is 0 Å². The monoisotopic (exact) mass is 321 g/mol. The van der Waals surface area contributed by atoms with Crippen LogP contribution in [0.25, 0.3) is 0 Å². The summed E-state index contributed by atoms with van der Waals surface area (Å²) in [7, 11) is 0. The maximum absolute atomic E-state index is 13.5. The van der Waals surface area contributed by atoms with E-state index in [1.807, 2.05) is 6.07 Å². The molecule has 2 rings (SSSR count). The van der Waals surface area contributed by atoms with E-state index in [2.05, 4.69) is 5.32 Å². The Morgan fingerprint density at radius 3 is 2.61 bits per heavy atom.